The molecule has 0 saturated carbocycles. The molecule has 0 N–H and O–H groups in total. The van der Waals surface area contributed by atoms with Crippen LogP contribution in [-0.2, 0) is 4.74 Å². The van der Waals surface area contributed by atoms with Crippen molar-refractivity contribution in [2.75, 3.05) is 39.3 Å². The second-order valence-corrected chi connectivity index (χ2v) is 7.76. The van der Waals surface area contributed by atoms with E-state index in [1.807, 2.05) is 25.7 Å². The lowest BCUT2D eigenvalue weighted by Crippen LogP contribution is -2.49. The molecule has 130 valence electrons. The molecule has 7 heteroatoms. The summed E-state index contributed by atoms with van der Waals surface area (Å²) in [4.78, 5) is 19.2. The third kappa shape index (κ3) is 5.29. The van der Waals surface area contributed by atoms with Gasteiger partial charge in [-0.3, -0.25) is 0 Å². The first kappa shape index (κ1) is 17.9. The van der Waals surface area contributed by atoms with E-state index in [1.54, 1.807) is 0 Å². The van der Waals surface area contributed by atoms with Crippen LogP contribution < -0.4 is 0 Å². The molecule has 2 heterocycles. The number of rotatable bonds is 3. The van der Waals surface area contributed by atoms with Crippen molar-refractivity contribution in [2.24, 2.45) is 10.5 Å². The van der Waals surface area contributed by atoms with Crippen molar-refractivity contribution in [2.45, 2.75) is 52.1 Å². The second kappa shape index (κ2) is 7.41. The van der Waals surface area contributed by atoms with E-state index in [0.717, 1.165) is 45.6 Å². The van der Waals surface area contributed by atoms with Crippen molar-refractivity contribution < 1.29 is 9.53 Å². The SMILES string of the molecule is CC(C)(C)OC(=O)N1CCC2(CCN(CCN=[N+]=[N-])CC2)CC1. The van der Waals surface area contributed by atoms with Gasteiger partial charge in [0.1, 0.15) is 5.60 Å². The number of hydrogen-bond donors (Lipinski definition) is 0. The Kier molecular flexibility index (Phi) is 5.76. The molecule has 7 nitrogen and oxygen atoms in total. The van der Waals surface area contributed by atoms with Gasteiger partial charge >= 0.3 is 6.09 Å². The minimum absolute atomic E-state index is 0.181. The average Bonchev–Trinajstić information content (AvgIpc) is 2.49. The number of piperidine rings is 2. The summed E-state index contributed by atoms with van der Waals surface area (Å²) in [6.07, 6.45) is 4.29. The zero-order chi connectivity index (χ0) is 16.9. The van der Waals surface area contributed by atoms with Crippen LogP contribution in [0.25, 0.3) is 10.4 Å². The van der Waals surface area contributed by atoms with Crippen LogP contribution in [0.2, 0.25) is 0 Å². The largest absolute Gasteiger partial charge is 0.444 e. The molecular formula is C16H29N5O2. The molecule has 0 atom stereocenters. The first-order valence-electron chi connectivity index (χ1n) is 8.55. The molecule has 0 aromatic carbocycles. The molecule has 2 aliphatic rings. The summed E-state index contributed by atoms with van der Waals surface area (Å²) in [5.74, 6) is 0. The Bertz CT molecular complexity index is 450. The van der Waals surface area contributed by atoms with Gasteiger partial charge in [0.05, 0.1) is 0 Å². The van der Waals surface area contributed by atoms with Crippen molar-refractivity contribution in [3.63, 3.8) is 0 Å². The highest BCUT2D eigenvalue weighted by molar-refractivity contribution is 5.68. The van der Waals surface area contributed by atoms with Gasteiger partial charge in [0.2, 0.25) is 0 Å². The number of nitrogens with zero attached hydrogens (tertiary/aromatic N) is 5. The van der Waals surface area contributed by atoms with Gasteiger partial charge in [-0.2, -0.15) is 0 Å². The maximum atomic E-state index is 12.1. The fourth-order valence-electron chi connectivity index (χ4n) is 3.47. The normalized spacial score (nSPS) is 21.8. The van der Waals surface area contributed by atoms with Crippen LogP contribution in [-0.4, -0.2) is 60.8 Å². The highest BCUT2D eigenvalue weighted by atomic mass is 16.6. The number of ether oxygens (including phenoxy) is 1. The molecule has 0 unspecified atom stereocenters. The fraction of sp³-hybridized carbons (Fsp3) is 0.938. The summed E-state index contributed by atoms with van der Waals surface area (Å²) in [5, 5.41) is 3.61. The van der Waals surface area contributed by atoms with E-state index in [1.165, 1.54) is 12.8 Å². The van der Waals surface area contributed by atoms with Crippen molar-refractivity contribution >= 4 is 6.09 Å². The van der Waals surface area contributed by atoms with E-state index in [9.17, 15) is 4.79 Å². The third-order valence-electron chi connectivity index (χ3n) is 4.97. The van der Waals surface area contributed by atoms with Crippen molar-refractivity contribution in [1.82, 2.24) is 9.80 Å². The van der Waals surface area contributed by atoms with E-state index in [4.69, 9.17) is 10.3 Å². The fourth-order valence-corrected chi connectivity index (χ4v) is 3.47. The molecule has 0 bridgehead atoms. The number of carbonyl (C=O) groups excluding carboxylic acids is 1. The molecule has 1 amide bonds. The van der Waals surface area contributed by atoms with Gasteiger partial charge < -0.3 is 14.5 Å². The number of azide groups is 1. The summed E-state index contributed by atoms with van der Waals surface area (Å²) in [6, 6.07) is 0. The lowest BCUT2D eigenvalue weighted by molar-refractivity contribution is -0.00211. The summed E-state index contributed by atoms with van der Waals surface area (Å²) in [6.45, 7) is 10.8. The van der Waals surface area contributed by atoms with E-state index < -0.39 is 5.60 Å². The summed E-state index contributed by atoms with van der Waals surface area (Å²) < 4.78 is 5.46. The molecule has 0 aromatic rings. The summed E-state index contributed by atoms with van der Waals surface area (Å²) >= 11 is 0. The van der Waals surface area contributed by atoms with Gasteiger partial charge in [0, 0.05) is 31.1 Å². The number of hydrogen-bond acceptors (Lipinski definition) is 4. The number of likely N-dealkylation sites (tertiary alicyclic amines) is 2. The predicted octanol–water partition coefficient (Wildman–Crippen LogP) is 3.41. The molecule has 2 aliphatic heterocycles. The van der Waals surface area contributed by atoms with Crippen LogP contribution in [0.4, 0.5) is 4.79 Å². The maximum absolute atomic E-state index is 12.1. The monoisotopic (exact) mass is 323 g/mol. The van der Waals surface area contributed by atoms with Crippen LogP contribution in [0.1, 0.15) is 46.5 Å². The topological polar surface area (TPSA) is 81.5 Å². The summed E-state index contributed by atoms with van der Waals surface area (Å²) in [5.41, 5.74) is 8.29. The molecular weight excluding hydrogens is 294 g/mol. The lowest BCUT2D eigenvalue weighted by atomic mass is 9.71. The zero-order valence-corrected chi connectivity index (χ0v) is 14.6. The zero-order valence-electron chi connectivity index (χ0n) is 14.6. The Morgan fingerprint density at radius 3 is 2.26 bits per heavy atom. The van der Waals surface area contributed by atoms with Gasteiger partial charge in [0.25, 0.3) is 0 Å². The Morgan fingerprint density at radius 2 is 1.74 bits per heavy atom. The molecule has 1 spiro atoms. The van der Waals surface area contributed by atoms with Crippen LogP contribution in [0, 0.1) is 5.41 Å². The van der Waals surface area contributed by atoms with Crippen LogP contribution >= 0.6 is 0 Å². The third-order valence-corrected chi connectivity index (χ3v) is 4.97. The van der Waals surface area contributed by atoms with Crippen LogP contribution in [0.15, 0.2) is 5.11 Å². The van der Waals surface area contributed by atoms with Crippen molar-refractivity contribution in [3.8, 4) is 0 Å². The molecule has 2 fully saturated rings. The average molecular weight is 323 g/mol. The smallest absolute Gasteiger partial charge is 0.410 e. The molecule has 0 radical (unpaired) electrons. The molecule has 2 saturated heterocycles. The van der Waals surface area contributed by atoms with Crippen molar-refractivity contribution in [3.05, 3.63) is 10.4 Å². The second-order valence-electron chi connectivity index (χ2n) is 7.76. The molecule has 2 rings (SSSR count). The van der Waals surface area contributed by atoms with Gasteiger partial charge in [-0.05, 0) is 70.5 Å². The van der Waals surface area contributed by atoms with E-state index in [0.29, 0.717) is 12.0 Å². The number of amides is 1. The highest BCUT2D eigenvalue weighted by Gasteiger charge is 2.39. The Labute approximate surface area is 138 Å². The quantitative estimate of drug-likeness (QED) is 0.453. The van der Waals surface area contributed by atoms with E-state index >= 15 is 0 Å². The number of carbonyl (C=O) groups is 1. The molecule has 0 aliphatic carbocycles. The first-order valence-corrected chi connectivity index (χ1v) is 8.55. The first-order chi connectivity index (χ1) is 10.8. The van der Waals surface area contributed by atoms with Gasteiger partial charge in [-0.1, -0.05) is 5.11 Å². The van der Waals surface area contributed by atoms with Gasteiger partial charge in [-0.15, -0.1) is 0 Å². The van der Waals surface area contributed by atoms with E-state index in [-0.39, 0.29) is 6.09 Å². The van der Waals surface area contributed by atoms with Crippen LogP contribution in [0.5, 0.6) is 0 Å². The maximum Gasteiger partial charge on any atom is 0.410 e. The summed E-state index contributed by atoms with van der Waals surface area (Å²) in [7, 11) is 0. The predicted molar refractivity (Wildman–Crippen MR) is 89.2 cm³/mol. The minimum Gasteiger partial charge on any atom is -0.444 e. The Balaban J connectivity index is 1.76. The van der Waals surface area contributed by atoms with Gasteiger partial charge in [0.15, 0.2) is 0 Å². The van der Waals surface area contributed by atoms with Gasteiger partial charge in [-0.25, -0.2) is 4.79 Å². The Hall–Kier alpha value is -1.46. The van der Waals surface area contributed by atoms with Crippen LogP contribution in [0.3, 0.4) is 0 Å². The lowest BCUT2D eigenvalue weighted by Gasteiger charge is -2.46. The van der Waals surface area contributed by atoms with E-state index in [2.05, 4.69) is 14.9 Å². The standard InChI is InChI=1S/C16H29N5O2/c1-15(2,3)23-14(22)21-11-6-16(7-12-21)4-9-20(10-5-16)13-8-18-19-17/h4-13H2,1-3H3. The molecule has 23 heavy (non-hydrogen) atoms. The molecule has 0 aromatic heterocycles. The Morgan fingerprint density at radius 1 is 1.17 bits per heavy atom. The van der Waals surface area contributed by atoms with Crippen molar-refractivity contribution in [1.29, 1.82) is 0 Å². The highest BCUT2D eigenvalue weighted by Crippen LogP contribution is 2.41. The minimum atomic E-state index is -0.427.